The Balaban J connectivity index is 2.65. The molecule has 0 spiro atoms. The van der Waals surface area contributed by atoms with Gasteiger partial charge in [-0.2, -0.15) is 0 Å². The van der Waals surface area contributed by atoms with E-state index in [0.29, 0.717) is 0 Å². The number of nitrogens with one attached hydrogen (secondary N) is 1. The van der Waals surface area contributed by atoms with E-state index in [1.165, 1.54) is 0 Å². The van der Waals surface area contributed by atoms with Crippen LogP contribution in [0.1, 0.15) is 29.7 Å². The van der Waals surface area contributed by atoms with E-state index >= 15 is 0 Å². The minimum absolute atomic E-state index is 0.0331. The van der Waals surface area contributed by atoms with Crippen molar-refractivity contribution in [2.45, 2.75) is 26.0 Å². The molecule has 0 bridgehead atoms. The number of ether oxygens (including phenoxy) is 2. The Kier molecular flexibility index (Phi) is 3.54. The van der Waals surface area contributed by atoms with Crippen LogP contribution in [0.4, 0.5) is 0 Å². The van der Waals surface area contributed by atoms with Crippen molar-refractivity contribution in [3.63, 3.8) is 0 Å². The highest BCUT2D eigenvalue weighted by Crippen LogP contribution is 2.40. The fourth-order valence-electron chi connectivity index (χ4n) is 2.55. The molecule has 4 nitrogen and oxygen atoms in total. The van der Waals surface area contributed by atoms with Gasteiger partial charge in [0, 0.05) is 22.7 Å². The van der Waals surface area contributed by atoms with E-state index < -0.39 is 0 Å². The predicted molar refractivity (Wildman–Crippen MR) is 65.6 cm³/mol. The van der Waals surface area contributed by atoms with Gasteiger partial charge in [-0.05, 0) is 26.0 Å². The molecular formula is C13H19NO3. The average Bonchev–Trinajstić information content (AvgIpc) is 2.36. The molecule has 1 unspecified atom stereocenters. The fourth-order valence-corrected chi connectivity index (χ4v) is 2.55. The maximum absolute atomic E-state index is 9.39. The van der Waals surface area contributed by atoms with Crippen molar-refractivity contribution in [3.8, 4) is 11.5 Å². The zero-order valence-electron chi connectivity index (χ0n) is 10.5. The van der Waals surface area contributed by atoms with Crippen LogP contribution in [-0.2, 0) is 13.0 Å². The van der Waals surface area contributed by atoms with Crippen LogP contribution in [-0.4, -0.2) is 25.9 Å². The minimum Gasteiger partial charge on any atom is -0.496 e. The summed E-state index contributed by atoms with van der Waals surface area (Å²) in [6, 6.07) is 2.11. The minimum atomic E-state index is -0.0331. The van der Waals surface area contributed by atoms with Crippen molar-refractivity contribution in [2.24, 2.45) is 0 Å². The van der Waals surface area contributed by atoms with Crippen LogP contribution in [0.15, 0.2) is 6.07 Å². The molecule has 0 aromatic heterocycles. The SMILES string of the molecule is COc1cc(CO)c(OC)c2c1C(C)NCC2. The Labute approximate surface area is 102 Å². The molecule has 0 amide bonds. The number of hydrogen-bond donors (Lipinski definition) is 2. The summed E-state index contributed by atoms with van der Waals surface area (Å²) < 4.78 is 10.9. The van der Waals surface area contributed by atoms with Crippen molar-refractivity contribution in [2.75, 3.05) is 20.8 Å². The van der Waals surface area contributed by atoms with Crippen LogP contribution in [0.3, 0.4) is 0 Å². The molecule has 1 aromatic carbocycles. The normalized spacial score (nSPS) is 18.7. The first-order valence-corrected chi connectivity index (χ1v) is 5.83. The number of fused-ring (bicyclic) bond motifs is 1. The Hall–Kier alpha value is -1.26. The number of aliphatic hydroxyl groups is 1. The molecule has 1 heterocycles. The molecule has 1 aliphatic heterocycles. The molecule has 1 aromatic rings. The van der Waals surface area contributed by atoms with Gasteiger partial charge in [-0.3, -0.25) is 0 Å². The lowest BCUT2D eigenvalue weighted by Gasteiger charge is -2.28. The first-order chi connectivity index (χ1) is 8.22. The molecule has 0 fully saturated rings. The van der Waals surface area contributed by atoms with Crippen molar-refractivity contribution in [1.29, 1.82) is 0 Å². The van der Waals surface area contributed by atoms with Gasteiger partial charge >= 0.3 is 0 Å². The van der Waals surface area contributed by atoms with E-state index in [1.807, 2.05) is 6.07 Å². The summed E-state index contributed by atoms with van der Waals surface area (Å²) in [6.45, 7) is 3.00. The van der Waals surface area contributed by atoms with Gasteiger partial charge in [-0.1, -0.05) is 0 Å². The molecule has 0 saturated carbocycles. The summed E-state index contributed by atoms with van der Waals surface area (Å²) in [5.41, 5.74) is 3.09. The fraction of sp³-hybridized carbons (Fsp3) is 0.538. The van der Waals surface area contributed by atoms with Gasteiger partial charge in [-0.25, -0.2) is 0 Å². The van der Waals surface area contributed by atoms with Crippen LogP contribution in [0, 0.1) is 0 Å². The van der Waals surface area contributed by atoms with Gasteiger partial charge in [0.2, 0.25) is 0 Å². The zero-order valence-corrected chi connectivity index (χ0v) is 10.5. The van der Waals surface area contributed by atoms with Crippen molar-refractivity contribution < 1.29 is 14.6 Å². The molecule has 17 heavy (non-hydrogen) atoms. The zero-order chi connectivity index (χ0) is 12.4. The topological polar surface area (TPSA) is 50.7 Å². The molecule has 4 heteroatoms. The predicted octanol–water partition coefficient (Wildman–Crippen LogP) is 1.40. The van der Waals surface area contributed by atoms with Crippen LogP contribution >= 0.6 is 0 Å². The van der Waals surface area contributed by atoms with Gasteiger partial charge in [0.15, 0.2) is 0 Å². The summed E-state index contributed by atoms with van der Waals surface area (Å²) >= 11 is 0. The standard InChI is InChI=1S/C13H19NO3/c1-8-12-10(4-5-14-8)13(17-3)9(7-15)6-11(12)16-2/h6,8,14-15H,4-5,7H2,1-3H3. The van der Waals surface area contributed by atoms with E-state index in [0.717, 1.165) is 41.2 Å². The molecular weight excluding hydrogens is 218 g/mol. The number of hydrogen-bond acceptors (Lipinski definition) is 4. The van der Waals surface area contributed by atoms with E-state index in [-0.39, 0.29) is 12.6 Å². The molecule has 1 atom stereocenters. The van der Waals surface area contributed by atoms with Gasteiger partial charge in [0.05, 0.1) is 20.8 Å². The summed E-state index contributed by atoms with van der Waals surface area (Å²) in [7, 11) is 3.30. The molecule has 1 aliphatic rings. The van der Waals surface area contributed by atoms with E-state index in [2.05, 4.69) is 12.2 Å². The largest absolute Gasteiger partial charge is 0.496 e. The third-order valence-corrected chi connectivity index (χ3v) is 3.31. The quantitative estimate of drug-likeness (QED) is 0.834. The lowest BCUT2D eigenvalue weighted by molar-refractivity contribution is 0.271. The first-order valence-electron chi connectivity index (χ1n) is 5.83. The molecule has 2 rings (SSSR count). The van der Waals surface area contributed by atoms with E-state index in [4.69, 9.17) is 9.47 Å². The highest BCUT2D eigenvalue weighted by atomic mass is 16.5. The second kappa shape index (κ2) is 4.94. The van der Waals surface area contributed by atoms with Gasteiger partial charge in [0.25, 0.3) is 0 Å². The molecule has 0 saturated heterocycles. The van der Waals surface area contributed by atoms with Crippen LogP contribution < -0.4 is 14.8 Å². The van der Waals surface area contributed by atoms with Crippen molar-refractivity contribution in [1.82, 2.24) is 5.32 Å². The van der Waals surface area contributed by atoms with Crippen LogP contribution in [0.25, 0.3) is 0 Å². The second-order valence-corrected chi connectivity index (χ2v) is 4.25. The Morgan fingerprint density at radius 2 is 2.18 bits per heavy atom. The highest BCUT2D eigenvalue weighted by molar-refractivity contribution is 5.55. The maximum Gasteiger partial charge on any atom is 0.128 e. The lowest BCUT2D eigenvalue weighted by Crippen LogP contribution is -2.29. The lowest BCUT2D eigenvalue weighted by atomic mass is 9.91. The van der Waals surface area contributed by atoms with E-state index in [1.54, 1.807) is 14.2 Å². The molecule has 0 radical (unpaired) electrons. The van der Waals surface area contributed by atoms with Gasteiger partial charge < -0.3 is 19.9 Å². The highest BCUT2D eigenvalue weighted by Gasteiger charge is 2.25. The van der Waals surface area contributed by atoms with Crippen molar-refractivity contribution >= 4 is 0 Å². The van der Waals surface area contributed by atoms with E-state index in [9.17, 15) is 5.11 Å². The summed E-state index contributed by atoms with van der Waals surface area (Å²) in [5, 5.41) is 12.8. The Morgan fingerprint density at radius 1 is 1.41 bits per heavy atom. The summed E-state index contributed by atoms with van der Waals surface area (Å²) in [5.74, 6) is 1.63. The van der Waals surface area contributed by atoms with Gasteiger partial charge in [0.1, 0.15) is 11.5 Å². The Bertz CT molecular complexity index is 418. The summed E-state index contributed by atoms with van der Waals surface area (Å²) in [4.78, 5) is 0. The Morgan fingerprint density at radius 3 is 2.76 bits per heavy atom. The number of aliphatic hydroxyl groups excluding tert-OH is 1. The van der Waals surface area contributed by atoms with Crippen LogP contribution in [0.5, 0.6) is 11.5 Å². The number of benzene rings is 1. The van der Waals surface area contributed by atoms with Crippen molar-refractivity contribution in [3.05, 3.63) is 22.8 Å². The third kappa shape index (κ3) is 1.98. The number of rotatable bonds is 3. The molecule has 2 N–H and O–H groups in total. The second-order valence-electron chi connectivity index (χ2n) is 4.25. The average molecular weight is 237 g/mol. The monoisotopic (exact) mass is 237 g/mol. The van der Waals surface area contributed by atoms with Gasteiger partial charge in [-0.15, -0.1) is 0 Å². The van der Waals surface area contributed by atoms with Crippen LogP contribution in [0.2, 0.25) is 0 Å². The molecule has 0 aliphatic carbocycles. The molecule has 94 valence electrons. The summed E-state index contributed by atoms with van der Waals surface area (Å²) in [6.07, 6.45) is 0.896. The number of methoxy groups -OCH3 is 2. The smallest absolute Gasteiger partial charge is 0.128 e. The maximum atomic E-state index is 9.39. The third-order valence-electron chi connectivity index (χ3n) is 3.31. The first kappa shape index (κ1) is 12.2.